The van der Waals surface area contributed by atoms with Crippen LogP contribution in [-0.4, -0.2) is 48.3 Å². The molecule has 1 aliphatic rings. The number of aromatic nitrogens is 4. The van der Waals surface area contributed by atoms with Gasteiger partial charge in [-0.3, -0.25) is 0 Å². The first-order valence-corrected chi connectivity index (χ1v) is 7.65. The molecule has 2 aromatic rings. The van der Waals surface area contributed by atoms with Gasteiger partial charge in [-0.1, -0.05) is 7.43 Å². The van der Waals surface area contributed by atoms with Gasteiger partial charge in [-0.15, -0.1) is 9.42 Å². The molecule has 3 N–H and O–H groups in total. The molecule has 1 unspecified atom stereocenters. The van der Waals surface area contributed by atoms with Crippen LogP contribution in [0.5, 0.6) is 0 Å². The lowest BCUT2D eigenvalue weighted by Gasteiger charge is -2.13. The fourth-order valence-corrected chi connectivity index (χ4v) is 3.17. The zero-order valence-electron chi connectivity index (χ0n) is 11.0. The molecular weight excluding hydrogens is 309 g/mol. The first-order valence-electron chi connectivity index (χ1n) is 6.52. The van der Waals surface area contributed by atoms with Crippen LogP contribution in [-0.2, 0) is 9.09 Å². The lowest BCUT2D eigenvalue weighted by atomic mass is 10.1. The average molecular weight is 328 g/mol. The average Bonchev–Trinajstić information content (AvgIpc) is 3.05. The van der Waals surface area contributed by atoms with Crippen LogP contribution in [0.4, 0.5) is 5.95 Å². The van der Waals surface area contributed by atoms with Crippen molar-refractivity contribution in [1.82, 2.24) is 19.6 Å². The van der Waals surface area contributed by atoms with Crippen molar-refractivity contribution in [2.75, 3.05) is 11.9 Å². The second-order valence-corrected chi connectivity index (χ2v) is 5.62. The number of aliphatic hydroxyl groups is 1. The Balaban J connectivity index is 0.00000176. The molecule has 0 spiro atoms. The molecule has 0 radical (unpaired) electrons. The van der Waals surface area contributed by atoms with Crippen molar-refractivity contribution >= 4 is 19.9 Å². The lowest BCUT2D eigenvalue weighted by Crippen LogP contribution is -2.20. The minimum absolute atomic E-state index is 0. The fraction of sp³-hybridized carbons (Fsp3) is 0.583. The number of rotatable bonds is 5. The molecular formula is C12H19N5O4P+. The third kappa shape index (κ3) is 3.38. The molecule has 3 rings (SSSR count). The van der Waals surface area contributed by atoms with Crippen LogP contribution in [0.3, 0.4) is 0 Å². The molecule has 120 valence electrons. The summed E-state index contributed by atoms with van der Waals surface area (Å²) in [5.74, 6) is 0.365. The zero-order chi connectivity index (χ0) is 14.8. The summed E-state index contributed by atoms with van der Waals surface area (Å²) in [5, 5.41) is 16.7. The molecule has 0 aromatic carbocycles. The predicted molar refractivity (Wildman–Crippen MR) is 79.4 cm³/mol. The molecule has 2 heterocycles. The number of aliphatic hydroxyl groups excluding tert-OH is 1. The van der Waals surface area contributed by atoms with Gasteiger partial charge in [0, 0.05) is 29.2 Å². The molecule has 1 fully saturated rings. The van der Waals surface area contributed by atoms with Gasteiger partial charge in [-0.2, -0.15) is 9.61 Å². The molecule has 4 atom stereocenters. The Bertz CT molecular complexity index is 651. The second-order valence-electron chi connectivity index (χ2n) is 4.94. The van der Waals surface area contributed by atoms with Crippen molar-refractivity contribution in [1.29, 1.82) is 0 Å². The van der Waals surface area contributed by atoms with E-state index >= 15 is 0 Å². The van der Waals surface area contributed by atoms with E-state index in [0.717, 1.165) is 0 Å². The predicted octanol–water partition coefficient (Wildman–Crippen LogP) is 0.978. The Hall–Kier alpha value is -1.67. The van der Waals surface area contributed by atoms with Gasteiger partial charge in [0.2, 0.25) is 5.95 Å². The quantitative estimate of drug-likeness (QED) is 0.694. The highest BCUT2D eigenvalue weighted by Crippen LogP contribution is 2.35. The Morgan fingerprint density at radius 1 is 1.45 bits per heavy atom. The Kier molecular flexibility index (Phi) is 5.36. The van der Waals surface area contributed by atoms with E-state index in [1.54, 1.807) is 16.8 Å². The molecule has 1 saturated carbocycles. The van der Waals surface area contributed by atoms with Gasteiger partial charge < -0.3 is 10.4 Å². The highest BCUT2D eigenvalue weighted by Gasteiger charge is 2.40. The van der Waals surface area contributed by atoms with Crippen LogP contribution in [0.1, 0.15) is 20.3 Å². The maximum absolute atomic E-state index is 10.8. The van der Waals surface area contributed by atoms with E-state index in [1.807, 2.05) is 0 Å². The molecule has 0 bridgehead atoms. The topological polar surface area (TPSA) is 122 Å². The first kappa shape index (κ1) is 16.7. The van der Waals surface area contributed by atoms with E-state index in [0.29, 0.717) is 24.4 Å². The molecule has 0 aliphatic heterocycles. The Morgan fingerprint density at radius 2 is 2.27 bits per heavy atom. The summed E-state index contributed by atoms with van der Waals surface area (Å²) in [6.07, 6.45) is 3.76. The van der Waals surface area contributed by atoms with E-state index in [9.17, 15) is 9.67 Å². The van der Waals surface area contributed by atoms with Gasteiger partial charge in [-0.05, 0) is 12.8 Å². The largest absolute Gasteiger partial charge is 0.695 e. The van der Waals surface area contributed by atoms with Crippen molar-refractivity contribution in [3.63, 3.8) is 0 Å². The van der Waals surface area contributed by atoms with E-state index in [4.69, 9.17) is 9.42 Å². The molecule has 22 heavy (non-hydrogen) atoms. The minimum atomic E-state index is -2.67. The molecule has 10 heteroatoms. The number of hydrogen-bond acceptors (Lipinski definition) is 7. The monoisotopic (exact) mass is 328 g/mol. The second kappa shape index (κ2) is 7.06. The number of fused-ring (bicyclic) bond motifs is 1. The maximum atomic E-state index is 10.8. The highest BCUT2D eigenvalue weighted by atomic mass is 31.1. The van der Waals surface area contributed by atoms with Gasteiger partial charge in [0.1, 0.15) is 12.4 Å². The van der Waals surface area contributed by atoms with Crippen molar-refractivity contribution in [2.45, 2.75) is 32.4 Å². The van der Waals surface area contributed by atoms with Crippen LogP contribution in [0, 0.1) is 5.92 Å². The standard InChI is InChI=1S/C11H14N5O4P.CH4/c17-5-7-3-8(4-9(7)20-21(18)19)15-11-13-6-12-10-1-2-14-16(10)11;/h1-2,6-9,17H,3-5H2,(H-,12,13,15,18,19);1H4/p+1/t7-,8-,9+;/m1./s1. The number of hydrogen-bond donors (Lipinski definition) is 3. The fourth-order valence-electron chi connectivity index (χ4n) is 2.68. The summed E-state index contributed by atoms with van der Waals surface area (Å²) in [4.78, 5) is 17.1. The van der Waals surface area contributed by atoms with Gasteiger partial charge >= 0.3 is 8.25 Å². The van der Waals surface area contributed by atoms with Crippen LogP contribution >= 0.6 is 8.25 Å². The van der Waals surface area contributed by atoms with E-state index in [2.05, 4.69) is 20.4 Å². The minimum Gasteiger partial charge on any atom is -0.396 e. The SMILES string of the molecule is C.O=[P+](O)O[C@H]1C[C@H](Nc2ncnc3ccnn23)C[C@@H]1CO. The molecule has 0 amide bonds. The van der Waals surface area contributed by atoms with Crippen molar-refractivity contribution in [3.05, 3.63) is 18.6 Å². The molecule has 2 aromatic heterocycles. The number of nitrogens with zero attached hydrogens (tertiary/aromatic N) is 4. The summed E-state index contributed by atoms with van der Waals surface area (Å²) in [6, 6.07) is 1.74. The Morgan fingerprint density at radius 3 is 3.00 bits per heavy atom. The van der Waals surface area contributed by atoms with Crippen molar-refractivity contribution < 1.29 is 19.1 Å². The number of anilines is 1. The number of nitrogens with one attached hydrogen (secondary N) is 1. The molecule has 1 aliphatic carbocycles. The van der Waals surface area contributed by atoms with Gasteiger partial charge in [0.05, 0.1) is 6.20 Å². The Labute approximate surface area is 128 Å². The summed E-state index contributed by atoms with van der Waals surface area (Å²) in [6.45, 7) is -0.0903. The summed E-state index contributed by atoms with van der Waals surface area (Å²) in [7, 11) is -2.67. The van der Waals surface area contributed by atoms with Gasteiger partial charge in [-0.25, -0.2) is 9.97 Å². The summed E-state index contributed by atoms with van der Waals surface area (Å²) < 4.78 is 17.4. The van der Waals surface area contributed by atoms with Crippen LogP contribution < -0.4 is 5.32 Å². The third-order valence-electron chi connectivity index (χ3n) is 3.62. The van der Waals surface area contributed by atoms with Crippen molar-refractivity contribution in [2.24, 2.45) is 5.92 Å². The summed E-state index contributed by atoms with van der Waals surface area (Å²) >= 11 is 0. The van der Waals surface area contributed by atoms with Crippen LogP contribution in [0.15, 0.2) is 18.6 Å². The molecule has 0 saturated heterocycles. The van der Waals surface area contributed by atoms with Crippen LogP contribution in [0.2, 0.25) is 0 Å². The van der Waals surface area contributed by atoms with E-state index < -0.39 is 14.4 Å². The van der Waals surface area contributed by atoms with Crippen molar-refractivity contribution in [3.8, 4) is 0 Å². The highest BCUT2D eigenvalue weighted by molar-refractivity contribution is 7.32. The van der Waals surface area contributed by atoms with Gasteiger partial charge in [0.25, 0.3) is 0 Å². The smallest absolute Gasteiger partial charge is 0.396 e. The first-order chi connectivity index (χ1) is 10.2. The van der Waals surface area contributed by atoms with E-state index in [-0.39, 0.29) is 26.0 Å². The van der Waals surface area contributed by atoms with Gasteiger partial charge in [0.15, 0.2) is 5.65 Å². The third-order valence-corrected chi connectivity index (χ3v) is 4.07. The normalized spacial score (nSPS) is 25.0. The molecule has 9 nitrogen and oxygen atoms in total. The zero-order valence-corrected chi connectivity index (χ0v) is 11.9. The lowest BCUT2D eigenvalue weighted by molar-refractivity contribution is 0.106. The van der Waals surface area contributed by atoms with Crippen LogP contribution in [0.25, 0.3) is 5.65 Å². The maximum Gasteiger partial charge on any atom is 0.695 e. The van der Waals surface area contributed by atoms with E-state index in [1.165, 1.54) is 6.33 Å². The summed E-state index contributed by atoms with van der Waals surface area (Å²) in [5.41, 5.74) is 0.676.